The molecule has 2 aromatic carbocycles. The molecule has 0 atom stereocenters. The van der Waals surface area contributed by atoms with Crippen molar-refractivity contribution in [3.05, 3.63) is 69.8 Å². The number of carbonyl (C=O) groups is 3. The molecule has 0 spiro atoms. The molecular formula is C30H35Cl2N5O4. The Hall–Kier alpha value is -3.56. The summed E-state index contributed by atoms with van der Waals surface area (Å²) in [4.78, 5) is 39.9. The minimum absolute atomic E-state index is 0.00330. The predicted octanol–water partition coefficient (Wildman–Crippen LogP) is 6.46. The lowest BCUT2D eigenvalue weighted by molar-refractivity contribution is -0.151. The summed E-state index contributed by atoms with van der Waals surface area (Å²) >= 11 is 12.3. The molecule has 1 fully saturated rings. The Bertz CT molecular complexity index is 1420. The number of carbonyl (C=O) groups excluding carboxylic acids is 3. The fraction of sp³-hybridized carbons (Fsp3) is 0.400. The molecular weight excluding hydrogens is 565 g/mol. The molecule has 3 amide bonds. The smallest absolute Gasteiger partial charge is 0.324 e. The molecule has 0 bridgehead atoms. The standard InChI is InChI=1S/C30H35Cl2N5O4/c1-5-41-28(39)20-12-14-36(15-13-20)26(38)17-19-8-6-9-21(16-19)37-25(18-24(35-37)30(2,3)4)34-29(40)33-23-11-7-10-22(31)27(23)32/h6-11,16,18,20H,5,12-15,17H2,1-4H3,(H2,33,34,40). The largest absolute Gasteiger partial charge is 0.466 e. The predicted molar refractivity (Wildman–Crippen MR) is 161 cm³/mol. The van der Waals surface area contributed by atoms with Crippen LogP contribution in [-0.4, -0.2) is 52.3 Å². The number of benzene rings is 2. The van der Waals surface area contributed by atoms with Crippen molar-refractivity contribution in [3.63, 3.8) is 0 Å². The highest BCUT2D eigenvalue weighted by atomic mass is 35.5. The Balaban J connectivity index is 1.50. The Morgan fingerprint density at radius 2 is 1.73 bits per heavy atom. The van der Waals surface area contributed by atoms with Crippen molar-refractivity contribution in [2.24, 2.45) is 5.92 Å². The highest BCUT2D eigenvalue weighted by molar-refractivity contribution is 6.44. The van der Waals surface area contributed by atoms with Gasteiger partial charge in [0.1, 0.15) is 5.82 Å². The van der Waals surface area contributed by atoms with Crippen molar-refractivity contribution in [2.45, 2.75) is 52.4 Å². The fourth-order valence-corrected chi connectivity index (χ4v) is 4.96. The summed E-state index contributed by atoms with van der Waals surface area (Å²) in [6.45, 7) is 9.31. The first-order valence-electron chi connectivity index (χ1n) is 13.6. The van der Waals surface area contributed by atoms with Crippen LogP contribution in [0.15, 0.2) is 48.5 Å². The van der Waals surface area contributed by atoms with Crippen LogP contribution in [0.2, 0.25) is 10.0 Å². The van der Waals surface area contributed by atoms with E-state index >= 15 is 0 Å². The number of hydrogen-bond donors (Lipinski definition) is 2. The molecule has 4 rings (SSSR count). The van der Waals surface area contributed by atoms with Gasteiger partial charge in [0.05, 0.1) is 46.1 Å². The Morgan fingerprint density at radius 1 is 1.02 bits per heavy atom. The van der Waals surface area contributed by atoms with Crippen LogP contribution in [0.4, 0.5) is 16.3 Å². The van der Waals surface area contributed by atoms with E-state index in [4.69, 9.17) is 33.0 Å². The SMILES string of the molecule is CCOC(=O)C1CCN(C(=O)Cc2cccc(-n3nc(C(C)(C)C)cc3NC(=O)Nc3cccc(Cl)c3Cl)c2)CC1. The zero-order valence-corrected chi connectivity index (χ0v) is 25.2. The number of likely N-dealkylation sites (tertiary alicyclic amines) is 1. The van der Waals surface area contributed by atoms with Crippen LogP contribution in [0.25, 0.3) is 5.69 Å². The topological polar surface area (TPSA) is 106 Å². The molecule has 2 N–H and O–H groups in total. The first kappa shape index (κ1) is 30.4. The Kier molecular flexibility index (Phi) is 9.60. The lowest BCUT2D eigenvalue weighted by Crippen LogP contribution is -2.41. The van der Waals surface area contributed by atoms with Crippen LogP contribution in [0, 0.1) is 5.92 Å². The molecule has 218 valence electrons. The maximum absolute atomic E-state index is 13.1. The Labute approximate surface area is 250 Å². The quantitative estimate of drug-likeness (QED) is 0.303. The summed E-state index contributed by atoms with van der Waals surface area (Å²) in [6, 6.07) is 13.8. The summed E-state index contributed by atoms with van der Waals surface area (Å²) in [5.41, 5.74) is 2.39. The van der Waals surface area contributed by atoms with Crippen molar-refractivity contribution in [2.75, 3.05) is 30.3 Å². The van der Waals surface area contributed by atoms with Crippen LogP contribution in [0.5, 0.6) is 0 Å². The number of piperidine rings is 1. The van der Waals surface area contributed by atoms with Gasteiger partial charge in [-0.2, -0.15) is 5.10 Å². The second kappa shape index (κ2) is 13.0. The van der Waals surface area contributed by atoms with Crippen LogP contribution >= 0.6 is 23.2 Å². The number of hydrogen-bond acceptors (Lipinski definition) is 5. The van der Waals surface area contributed by atoms with Crippen LogP contribution < -0.4 is 10.6 Å². The third-order valence-electron chi connectivity index (χ3n) is 6.90. The number of ether oxygens (including phenoxy) is 1. The van der Waals surface area contributed by atoms with E-state index in [1.54, 1.807) is 34.7 Å². The van der Waals surface area contributed by atoms with E-state index < -0.39 is 6.03 Å². The van der Waals surface area contributed by atoms with Gasteiger partial charge in [-0.05, 0) is 49.6 Å². The Morgan fingerprint density at radius 3 is 2.41 bits per heavy atom. The van der Waals surface area contributed by atoms with Crippen molar-refractivity contribution < 1.29 is 19.1 Å². The zero-order valence-electron chi connectivity index (χ0n) is 23.7. The average molecular weight is 601 g/mol. The highest BCUT2D eigenvalue weighted by Crippen LogP contribution is 2.30. The molecule has 0 saturated carbocycles. The maximum atomic E-state index is 13.1. The first-order chi connectivity index (χ1) is 19.5. The van der Waals surface area contributed by atoms with Gasteiger partial charge in [-0.1, -0.05) is 62.2 Å². The van der Waals surface area contributed by atoms with E-state index in [-0.39, 0.29) is 34.7 Å². The van der Waals surface area contributed by atoms with Crippen LogP contribution in [0.3, 0.4) is 0 Å². The summed E-state index contributed by atoms with van der Waals surface area (Å²) < 4.78 is 6.78. The molecule has 0 unspecified atom stereocenters. The monoisotopic (exact) mass is 599 g/mol. The number of nitrogens with one attached hydrogen (secondary N) is 2. The molecule has 0 aliphatic carbocycles. The van der Waals surface area contributed by atoms with Crippen molar-refractivity contribution in [1.82, 2.24) is 14.7 Å². The highest BCUT2D eigenvalue weighted by Gasteiger charge is 2.28. The summed E-state index contributed by atoms with van der Waals surface area (Å²) in [5, 5.41) is 11.0. The van der Waals surface area contributed by atoms with E-state index in [0.29, 0.717) is 54.8 Å². The number of halogens is 2. The number of aromatic nitrogens is 2. The van der Waals surface area contributed by atoms with Gasteiger partial charge in [-0.25, -0.2) is 9.48 Å². The second-order valence-corrected chi connectivity index (χ2v) is 11.8. The van der Waals surface area contributed by atoms with Gasteiger partial charge in [0.2, 0.25) is 5.91 Å². The molecule has 41 heavy (non-hydrogen) atoms. The molecule has 3 aromatic rings. The second-order valence-electron chi connectivity index (χ2n) is 11.0. The fourth-order valence-electron chi connectivity index (χ4n) is 4.61. The van der Waals surface area contributed by atoms with E-state index in [1.165, 1.54) is 0 Å². The molecule has 2 heterocycles. The molecule has 1 aliphatic rings. The molecule has 9 nitrogen and oxygen atoms in total. The third-order valence-corrected chi connectivity index (χ3v) is 7.72. The van der Waals surface area contributed by atoms with E-state index in [1.807, 2.05) is 51.1 Å². The molecule has 1 saturated heterocycles. The number of anilines is 2. The lowest BCUT2D eigenvalue weighted by Gasteiger charge is -2.31. The average Bonchev–Trinajstić information content (AvgIpc) is 3.36. The van der Waals surface area contributed by atoms with Crippen LogP contribution in [0.1, 0.15) is 51.8 Å². The molecule has 0 radical (unpaired) electrons. The minimum atomic E-state index is -0.506. The summed E-state index contributed by atoms with van der Waals surface area (Å²) in [7, 11) is 0. The number of esters is 1. The molecule has 1 aromatic heterocycles. The molecule has 1 aliphatic heterocycles. The van der Waals surface area contributed by atoms with Crippen molar-refractivity contribution in [3.8, 4) is 5.69 Å². The summed E-state index contributed by atoms with van der Waals surface area (Å²) in [5.74, 6) is 0.110. The minimum Gasteiger partial charge on any atom is -0.466 e. The van der Waals surface area contributed by atoms with Gasteiger partial charge >= 0.3 is 12.0 Å². The molecule has 11 heteroatoms. The van der Waals surface area contributed by atoms with Crippen LogP contribution in [-0.2, 0) is 26.2 Å². The van der Waals surface area contributed by atoms with E-state index in [0.717, 1.165) is 11.3 Å². The number of nitrogens with zero attached hydrogens (tertiary/aromatic N) is 3. The van der Waals surface area contributed by atoms with Crippen molar-refractivity contribution >= 4 is 52.6 Å². The maximum Gasteiger partial charge on any atom is 0.324 e. The van der Waals surface area contributed by atoms with E-state index in [2.05, 4.69) is 10.6 Å². The van der Waals surface area contributed by atoms with Gasteiger partial charge in [0.15, 0.2) is 0 Å². The van der Waals surface area contributed by atoms with E-state index in [9.17, 15) is 14.4 Å². The van der Waals surface area contributed by atoms with Gasteiger partial charge in [0, 0.05) is 24.6 Å². The zero-order chi connectivity index (χ0) is 29.7. The normalized spacial score (nSPS) is 14.0. The lowest BCUT2D eigenvalue weighted by atomic mass is 9.92. The van der Waals surface area contributed by atoms with Crippen molar-refractivity contribution in [1.29, 1.82) is 0 Å². The van der Waals surface area contributed by atoms with Gasteiger partial charge in [0.25, 0.3) is 0 Å². The van der Waals surface area contributed by atoms with Gasteiger partial charge < -0.3 is 15.0 Å². The van der Waals surface area contributed by atoms with Gasteiger partial charge in [-0.3, -0.25) is 14.9 Å². The number of amides is 3. The third kappa shape index (κ3) is 7.59. The first-order valence-corrected chi connectivity index (χ1v) is 14.4. The summed E-state index contributed by atoms with van der Waals surface area (Å²) in [6.07, 6.45) is 1.41. The number of urea groups is 1. The van der Waals surface area contributed by atoms with Gasteiger partial charge in [-0.15, -0.1) is 0 Å². The number of rotatable bonds is 7.